The van der Waals surface area contributed by atoms with E-state index in [0.717, 1.165) is 12.2 Å². The second kappa shape index (κ2) is 7.77. The second-order valence-corrected chi connectivity index (χ2v) is 5.17. The molecule has 0 aliphatic heterocycles. The first-order valence-electron chi connectivity index (χ1n) is 6.38. The average Bonchev–Trinajstić information content (AvgIpc) is 2.37. The van der Waals surface area contributed by atoms with Crippen LogP contribution in [0.2, 0.25) is 0 Å². The fourth-order valence-electron chi connectivity index (χ4n) is 1.90. The van der Waals surface area contributed by atoms with Crippen LogP contribution < -0.4 is 0 Å². The Balaban J connectivity index is 4.97. The van der Waals surface area contributed by atoms with Crippen molar-refractivity contribution in [3.8, 4) is 0 Å². The highest BCUT2D eigenvalue weighted by atomic mass is 16.5. The first kappa shape index (κ1) is 17.4. The van der Waals surface area contributed by atoms with Gasteiger partial charge in [-0.1, -0.05) is 40.9 Å². The van der Waals surface area contributed by atoms with Gasteiger partial charge < -0.3 is 9.47 Å². The number of hydrogen-bond acceptors (Lipinski definition) is 4. The van der Waals surface area contributed by atoms with Crippen LogP contribution in [-0.2, 0) is 19.1 Å². The smallest absolute Gasteiger partial charge is 0.330 e. The molecule has 0 bridgehead atoms. The summed E-state index contributed by atoms with van der Waals surface area (Å²) in [5, 5.41) is 0. The van der Waals surface area contributed by atoms with Gasteiger partial charge >= 0.3 is 11.9 Å². The lowest BCUT2D eigenvalue weighted by Gasteiger charge is -2.39. The highest BCUT2D eigenvalue weighted by Gasteiger charge is 2.40. The van der Waals surface area contributed by atoms with Gasteiger partial charge in [-0.2, -0.15) is 0 Å². The minimum absolute atomic E-state index is 0.183. The lowest BCUT2D eigenvalue weighted by Crippen LogP contribution is -2.43. The lowest BCUT2D eigenvalue weighted by atomic mass is 9.70. The molecule has 0 radical (unpaired) electrons. The quantitative estimate of drug-likeness (QED) is 0.502. The Morgan fingerprint density at radius 1 is 0.947 bits per heavy atom. The zero-order valence-electron chi connectivity index (χ0n) is 12.3. The molecule has 0 rings (SSSR count). The molecule has 19 heavy (non-hydrogen) atoms. The predicted molar refractivity (Wildman–Crippen MR) is 74.4 cm³/mol. The maximum atomic E-state index is 11.2. The highest BCUT2D eigenvalue weighted by molar-refractivity contribution is 5.81. The molecule has 0 N–H and O–H groups in total. The summed E-state index contributed by atoms with van der Waals surface area (Å²) in [5.41, 5.74) is -0.419. The molecule has 4 heteroatoms. The van der Waals surface area contributed by atoms with E-state index in [2.05, 4.69) is 13.2 Å². The maximum Gasteiger partial charge on any atom is 0.330 e. The summed E-state index contributed by atoms with van der Waals surface area (Å²) in [6, 6.07) is 0. The largest absolute Gasteiger partial charge is 0.462 e. The van der Waals surface area contributed by atoms with Gasteiger partial charge in [-0.05, 0) is 11.8 Å². The first-order chi connectivity index (χ1) is 8.80. The fraction of sp³-hybridized carbons (Fsp3) is 0.600. The van der Waals surface area contributed by atoms with E-state index < -0.39 is 17.4 Å². The molecule has 108 valence electrons. The third-order valence-electron chi connectivity index (χ3n) is 3.60. The second-order valence-electron chi connectivity index (χ2n) is 5.17. The van der Waals surface area contributed by atoms with Crippen LogP contribution in [0.3, 0.4) is 0 Å². The van der Waals surface area contributed by atoms with Gasteiger partial charge in [0.25, 0.3) is 0 Å². The zero-order chi connectivity index (χ0) is 15.1. The number of rotatable bonds is 8. The van der Waals surface area contributed by atoms with E-state index in [1.54, 1.807) is 0 Å². The average molecular weight is 268 g/mol. The Hall–Kier alpha value is -1.58. The van der Waals surface area contributed by atoms with Crippen molar-refractivity contribution in [1.29, 1.82) is 0 Å². The van der Waals surface area contributed by atoms with Gasteiger partial charge in [0, 0.05) is 17.6 Å². The van der Waals surface area contributed by atoms with Crippen molar-refractivity contribution in [3.63, 3.8) is 0 Å². The van der Waals surface area contributed by atoms with Crippen LogP contribution in [0.15, 0.2) is 25.3 Å². The lowest BCUT2D eigenvalue weighted by molar-refractivity contribution is -0.153. The number of hydrogen-bond donors (Lipinski definition) is 0. The van der Waals surface area contributed by atoms with E-state index in [1.165, 1.54) is 0 Å². The van der Waals surface area contributed by atoms with Gasteiger partial charge in [0.2, 0.25) is 0 Å². The summed E-state index contributed by atoms with van der Waals surface area (Å²) in [6.45, 7) is 15.2. The van der Waals surface area contributed by atoms with Gasteiger partial charge in [-0.15, -0.1) is 0 Å². The standard InChI is InChI=1S/C15H24O4/c1-7-13(16)18-9-15(11(3)4,12(5)6)10-19-14(17)8-2/h7-8,11-12H,1-2,9-10H2,3-6H3. The van der Waals surface area contributed by atoms with Gasteiger partial charge in [0.05, 0.1) is 0 Å². The van der Waals surface area contributed by atoms with Crippen molar-refractivity contribution in [2.45, 2.75) is 27.7 Å². The summed E-state index contributed by atoms with van der Waals surface area (Å²) in [6.07, 6.45) is 2.25. The molecular formula is C15H24O4. The van der Waals surface area contributed by atoms with Crippen molar-refractivity contribution in [3.05, 3.63) is 25.3 Å². The van der Waals surface area contributed by atoms with Crippen molar-refractivity contribution in [2.24, 2.45) is 17.3 Å². The van der Waals surface area contributed by atoms with E-state index in [1.807, 2.05) is 27.7 Å². The van der Waals surface area contributed by atoms with Crippen LogP contribution in [0, 0.1) is 17.3 Å². The molecule has 0 amide bonds. The van der Waals surface area contributed by atoms with Gasteiger partial charge in [-0.25, -0.2) is 9.59 Å². The molecule has 0 aromatic heterocycles. The number of carbonyl (C=O) groups excluding carboxylic acids is 2. The third kappa shape index (κ3) is 4.89. The molecule has 0 aliphatic carbocycles. The zero-order valence-corrected chi connectivity index (χ0v) is 12.3. The molecular weight excluding hydrogens is 244 g/mol. The molecule has 0 unspecified atom stereocenters. The Labute approximate surface area is 115 Å². The van der Waals surface area contributed by atoms with Crippen molar-refractivity contribution < 1.29 is 19.1 Å². The predicted octanol–water partition coefficient (Wildman–Crippen LogP) is 2.74. The van der Waals surface area contributed by atoms with Crippen molar-refractivity contribution in [2.75, 3.05) is 13.2 Å². The summed E-state index contributed by atoms with van der Waals surface area (Å²) >= 11 is 0. The molecule has 0 spiro atoms. The summed E-state index contributed by atoms with van der Waals surface area (Å²) in [7, 11) is 0. The molecule has 0 aromatic rings. The summed E-state index contributed by atoms with van der Waals surface area (Å²) in [4.78, 5) is 22.5. The molecule has 0 saturated carbocycles. The molecule has 0 saturated heterocycles. The topological polar surface area (TPSA) is 52.6 Å². The minimum atomic E-state index is -0.472. The Bertz CT molecular complexity index is 308. The van der Waals surface area contributed by atoms with E-state index in [0.29, 0.717) is 0 Å². The van der Waals surface area contributed by atoms with Crippen LogP contribution in [0.25, 0.3) is 0 Å². The van der Waals surface area contributed by atoms with E-state index in [9.17, 15) is 9.59 Å². The molecule has 0 heterocycles. The molecule has 0 aliphatic rings. The third-order valence-corrected chi connectivity index (χ3v) is 3.60. The molecule has 0 atom stereocenters. The van der Waals surface area contributed by atoms with Crippen LogP contribution in [0.4, 0.5) is 0 Å². The van der Waals surface area contributed by atoms with Crippen LogP contribution >= 0.6 is 0 Å². The first-order valence-corrected chi connectivity index (χ1v) is 6.38. The molecule has 0 aromatic carbocycles. The Morgan fingerprint density at radius 3 is 1.47 bits per heavy atom. The van der Waals surface area contributed by atoms with Gasteiger partial charge in [0.15, 0.2) is 0 Å². The van der Waals surface area contributed by atoms with Gasteiger partial charge in [0.1, 0.15) is 13.2 Å². The van der Waals surface area contributed by atoms with Crippen LogP contribution in [0.5, 0.6) is 0 Å². The van der Waals surface area contributed by atoms with E-state index in [4.69, 9.17) is 9.47 Å². The number of carbonyl (C=O) groups is 2. The highest BCUT2D eigenvalue weighted by Crippen LogP contribution is 2.36. The Morgan fingerprint density at radius 2 is 1.26 bits per heavy atom. The van der Waals surface area contributed by atoms with Crippen LogP contribution in [0.1, 0.15) is 27.7 Å². The van der Waals surface area contributed by atoms with Crippen molar-refractivity contribution >= 4 is 11.9 Å². The van der Waals surface area contributed by atoms with Gasteiger partial charge in [-0.3, -0.25) is 0 Å². The minimum Gasteiger partial charge on any atom is -0.462 e. The monoisotopic (exact) mass is 268 g/mol. The normalized spacial score (nSPS) is 11.3. The summed E-state index contributed by atoms with van der Waals surface area (Å²) in [5.74, 6) is -0.577. The van der Waals surface area contributed by atoms with Crippen molar-refractivity contribution in [1.82, 2.24) is 0 Å². The SMILES string of the molecule is C=CC(=O)OCC(COC(=O)C=C)(C(C)C)C(C)C. The summed E-state index contributed by atoms with van der Waals surface area (Å²) < 4.78 is 10.3. The number of ether oxygens (including phenoxy) is 2. The van der Waals surface area contributed by atoms with E-state index >= 15 is 0 Å². The molecule has 0 fully saturated rings. The van der Waals surface area contributed by atoms with Crippen LogP contribution in [-0.4, -0.2) is 25.2 Å². The molecule has 4 nitrogen and oxygen atoms in total. The fourth-order valence-corrected chi connectivity index (χ4v) is 1.90. The maximum absolute atomic E-state index is 11.2. The Kier molecular flexibility index (Phi) is 7.12. The number of esters is 2. The van der Waals surface area contributed by atoms with E-state index in [-0.39, 0.29) is 25.0 Å².